The predicted octanol–water partition coefficient (Wildman–Crippen LogP) is 2.20. The minimum absolute atomic E-state index is 0.115. The molecule has 14 heavy (non-hydrogen) atoms. The van der Waals surface area contributed by atoms with Gasteiger partial charge < -0.3 is 5.11 Å². The maximum atomic E-state index is 12.8. The van der Waals surface area contributed by atoms with Crippen LogP contribution in [-0.4, -0.2) is 5.11 Å². The predicted molar refractivity (Wildman–Crippen MR) is 49.4 cm³/mol. The monoisotopic (exact) mass is 196 g/mol. The van der Waals surface area contributed by atoms with Gasteiger partial charge in [0.15, 0.2) is 0 Å². The molecule has 0 fully saturated rings. The smallest absolute Gasteiger partial charge is 0.148 e. The van der Waals surface area contributed by atoms with Crippen molar-refractivity contribution in [2.75, 3.05) is 0 Å². The van der Waals surface area contributed by atoms with Gasteiger partial charge in [-0.3, -0.25) is 0 Å². The molecule has 0 bridgehead atoms. The Morgan fingerprint density at radius 1 is 1.21 bits per heavy atom. The normalized spacial score (nSPS) is 14.1. The maximum absolute atomic E-state index is 12.8. The molecule has 0 heterocycles. The third kappa shape index (κ3) is 2.30. The number of rotatable bonds is 1. The second-order valence-corrected chi connectivity index (χ2v) is 3.11. The molecule has 1 rings (SSSR count). The molecule has 0 amide bonds. The van der Waals surface area contributed by atoms with Gasteiger partial charge in [0, 0.05) is 11.6 Å². The molecule has 0 aliphatic rings. The van der Waals surface area contributed by atoms with Crippen LogP contribution in [-0.2, 0) is 5.60 Å². The van der Waals surface area contributed by atoms with E-state index in [9.17, 15) is 13.9 Å². The van der Waals surface area contributed by atoms with Crippen molar-refractivity contribution in [2.24, 2.45) is 0 Å². The first kappa shape index (κ1) is 10.7. The first-order chi connectivity index (χ1) is 6.45. The summed E-state index contributed by atoms with van der Waals surface area (Å²) in [5, 5.41) is 9.73. The van der Waals surface area contributed by atoms with E-state index in [1.165, 1.54) is 6.92 Å². The molecule has 0 saturated carbocycles. The van der Waals surface area contributed by atoms with Crippen LogP contribution in [0.4, 0.5) is 8.78 Å². The second kappa shape index (κ2) is 3.77. The van der Waals surface area contributed by atoms with Crippen molar-refractivity contribution in [1.29, 1.82) is 0 Å². The largest absolute Gasteiger partial charge is 0.374 e. The molecule has 0 radical (unpaired) electrons. The Kier molecular flexibility index (Phi) is 2.87. The number of hydrogen-bond acceptors (Lipinski definition) is 1. The summed E-state index contributed by atoms with van der Waals surface area (Å²) in [6, 6.07) is 2.87. The second-order valence-electron chi connectivity index (χ2n) is 3.11. The van der Waals surface area contributed by atoms with Gasteiger partial charge in [0.25, 0.3) is 0 Å². The molecule has 74 valence electrons. The standard InChI is InChI=1S/C11H10F2O/c1-3-4-11(2,14)8-5-9(12)7-10(13)6-8/h5-7,14H,1-2H3. The molecular weight excluding hydrogens is 186 g/mol. The van der Waals surface area contributed by atoms with E-state index in [2.05, 4.69) is 11.8 Å². The van der Waals surface area contributed by atoms with E-state index in [4.69, 9.17) is 0 Å². The summed E-state index contributed by atoms with van der Waals surface area (Å²) < 4.78 is 25.6. The fourth-order valence-electron chi connectivity index (χ4n) is 1.15. The Morgan fingerprint density at radius 3 is 2.14 bits per heavy atom. The van der Waals surface area contributed by atoms with E-state index in [1.54, 1.807) is 6.92 Å². The molecule has 3 heteroatoms. The summed E-state index contributed by atoms with van der Waals surface area (Å²) >= 11 is 0. The summed E-state index contributed by atoms with van der Waals surface area (Å²) in [5.74, 6) is 3.52. The molecule has 1 N–H and O–H groups in total. The fourth-order valence-corrected chi connectivity index (χ4v) is 1.15. The Hall–Kier alpha value is -1.40. The van der Waals surface area contributed by atoms with Gasteiger partial charge in [-0.2, -0.15) is 0 Å². The van der Waals surface area contributed by atoms with Gasteiger partial charge in [0.1, 0.15) is 17.2 Å². The molecule has 1 aromatic rings. The van der Waals surface area contributed by atoms with Gasteiger partial charge in [-0.25, -0.2) is 8.78 Å². The van der Waals surface area contributed by atoms with Crippen molar-refractivity contribution < 1.29 is 13.9 Å². The Morgan fingerprint density at radius 2 is 1.71 bits per heavy atom. The van der Waals surface area contributed by atoms with Gasteiger partial charge in [0.2, 0.25) is 0 Å². The van der Waals surface area contributed by atoms with E-state index in [-0.39, 0.29) is 5.56 Å². The highest BCUT2D eigenvalue weighted by Crippen LogP contribution is 2.21. The van der Waals surface area contributed by atoms with Crippen LogP contribution in [0.2, 0.25) is 0 Å². The Bertz CT molecular complexity index is 379. The Labute approximate surface area is 81.4 Å². The lowest BCUT2D eigenvalue weighted by molar-refractivity contribution is 0.121. The third-order valence-corrected chi connectivity index (χ3v) is 1.79. The average molecular weight is 196 g/mol. The zero-order chi connectivity index (χ0) is 10.8. The zero-order valence-corrected chi connectivity index (χ0v) is 7.94. The summed E-state index contributed by atoms with van der Waals surface area (Å²) in [6.07, 6.45) is 0. The van der Waals surface area contributed by atoms with Crippen molar-refractivity contribution in [3.05, 3.63) is 35.4 Å². The van der Waals surface area contributed by atoms with Crippen molar-refractivity contribution in [3.63, 3.8) is 0 Å². The summed E-state index contributed by atoms with van der Waals surface area (Å²) in [5.41, 5.74) is -1.40. The molecule has 0 aliphatic heterocycles. The van der Waals surface area contributed by atoms with Gasteiger partial charge >= 0.3 is 0 Å². The zero-order valence-electron chi connectivity index (χ0n) is 7.94. The molecular formula is C11H10F2O. The van der Waals surface area contributed by atoms with Crippen molar-refractivity contribution >= 4 is 0 Å². The maximum Gasteiger partial charge on any atom is 0.148 e. The van der Waals surface area contributed by atoms with E-state index in [0.29, 0.717) is 0 Å². The number of hydrogen-bond donors (Lipinski definition) is 1. The van der Waals surface area contributed by atoms with E-state index in [0.717, 1.165) is 18.2 Å². The van der Waals surface area contributed by atoms with Gasteiger partial charge in [0.05, 0.1) is 0 Å². The van der Waals surface area contributed by atoms with E-state index in [1.807, 2.05) is 0 Å². The van der Waals surface area contributed by atoms with Gasteiger partial charge in [-0.1, -0.05) is 5.92 Å². The molecule has 1 atom stereocenters. The summed E-state index contributed by atoms with van der Waals surface area (Å²) in [7, 11) is 0. The highest BCUT2D eigenvalue weighted by Gasteiger charge is 2.21. The first-order valence-corrected chi connectivity index (χ1v) is 4.08. The Balaban J connectivity index is 3.23. The molecule has 0 aliphatic carbocycles. The molecule has 1 aromatic carbocycles. The summed E-state index contributed by atoms with van der Waals surface area (Å²) in [4.78, 5) is 0. The topological polar surface area (TPSA) is 20.2 Å². The first-order valence-electron chi connectivity index (χ1n) is 4.08. The van der Waals surface area contributed by atoms with Crippen LogP contribution in [0.1, 0.15) is 19.4 Å². The molecule has 1 nitrogen and oxygen atoms in total. The van der Waals surface area contributed by atoms with Crippen LogP contribution in [0.25, 0.3) is 0 Å². The SMILES string of the molecule is CC#CC(C)(O)c1cc(F)cc(F)c1. The van der Waals surface area contributed by atoms with Gasteiger partial charge in [-0.15, -0.1) is 5.92 Å². The lowest BCUT2D eigenvalue weighted by Gasteiger charge is -2.16. The lowest BCUT2D eigenvalue weighted by atomic mass is 9.96. The average Bonchev–Trinajstić information content (AvgIpc) is 2.02. The molecule has 0 saturated heterocycles. The third-order valence-electron chi connectivity index (χ3n) is 1.79. The molecule has 1 unspecified atom stereocenters. The summed E-state index contributed by atoms with van der Waals surface area (Å²) in [6.45, 7) is 2.93. The minimum atomic E-state index is -1.52. The fraction of sp³-hybridized carbons (Fsp3) is 0.273. The highest BCUT2D eigenvalue weighted by atomic mass is 19.1. The van der Waals surface area contributed by atoms with Crippen LogP contribution in [0.5, 0.6) is 0 Å². The van der Waals surface area contributed by atoms with Crippen LogP contribution < -0.4 is 0 Å². The van der Waals surface area contributed by atoms with Crippen LogP contribution >= 0.6 is 0 Å². The quantitative estimate of drug-likeness (QED) is 0.682. The molecule has 0 spiro atoms. The van der Waals surface area contributed by atoms with E-state index < -0.39 is 17.2 Å². The number of benzene rings is 1. The van der Waals surface area contributed by atoms with Crippen molar-refractivity contribution in [1.82, 2.24) is 0 Å². The van der Waals surface area contributed by atoms with Crippen molar-refractivity contribution in [2.45, 2.75) is 19.4 Å². The molecule has 0 aromatic heterocycles. The lowest BCUT2D eigenvalue weighted by Crippen LogP contribution is -2.18. The number of aliphatic hydroxyl groups is 1. The minimum Gasteiger partial charge on any atom is -0.374 e. The van der Waals surface area contributed by atoms with Crippen LogP contribution in [0.15, 0.2) is 18.2 Å². The van der Waals surface area contributed by atoms with E-state index >= 15 is 0 Å². The highest BCUT2D eigenvalue weighted by molar-refractivity contribution is 5.31. The van der Waals surface area contributed by atoms with Crippen molar-refractivity contribution in [3.8, 4) is 11.8 Å². The van der Waals surface area contributed by atoms with Crippen LogP contribution in [0.3, 0.4) is 0 Å². The van der Waals surface area contributed by atoms with Gasteiger partial charge in [-0.05, 0) is 26.0 Å². The van der Waals surface area contributed by atoms with Crippen LogP contribution in [0, 0.1) is 23.5 Å². The number of halogens is 2.